The minimum atomic E-state index is -0.282. The highest BCUT2D eigenvalue weighted by atomic mass is 16.2. The van der Waals surface area contributed by atoms with Crippen LogP contribution >= 0.6 is 0 Å². The lowest BCUT2D eigenvalue weighted by Crippen LogP contribution is -2.34. The summed E-state index contributed by atoms with van der Waals surface area (Å²) in [6, 6.07) is 13.7. The fourth-order valence-corrected chi connectivity index (χ4v) is 3.94. The van der Waals surface area contributed by atoms with Gasteiger partial charge in [-0.2, -0.15) is 5.10 Å². The first-order chi connectivity index (χ1) is 16.9. The van der Waals surface area contributed by atoms with E-state index in [1.54, 1.807) is 36.4 Å². The zero-order valence-electron chi connectivity index (χ0n) is 19.9. The Morgan fingerprint density at radius 3 is 2.60 bits per heavy atom. The lowest BCUT2D eigenvalue weighted by atomic mass is 10.1. The van der Waals surface area contributed by atoms with Crippen LogP contribution in [0.2, 0.25) is 0 Å². The largest absolute Gasteiger partial charge is 0.384 e. The van der Waals surface area contributed by atoms with E-state index in [-0.39, 0.29) is 18.0 Å². The van der Waals surface area contributed by atoms with Crippen LogP contribution in [0.15, 0.2) is 65.8 Å². The van der Waals surface area contributed by atoms with Gasteiger partial charge in [-0.3, -0.25) is 23.8 Å². The summed E-state index contributed by atoms with van der Waals surface area (Å²) < 4.78 is 3.13. The molecule has 180 valence electrons. The molecule has 0 atom stereocenters. The molecular weight excluding hydrogens is 442 g/mol. The Labute approximate surface area is 203 Å². The Kier molecular flexibility index (Phi) is 7.35. The van der Waals surface area contributed by atoms with Gasteiger partial charge in [0.2, 0.25) is 5.91 Å². The molecule has 3 aromatic heterocycles. The van der Waals surface area contributed by atoms with Crippen molar-refractivity contribution in [2.45, 2.75) is 39.3 Å². The molecule has 35 heavy (non-hydrogen) atoms. The third-order valence-electron chi connectivity index (χ3n) is 5.84. The number of benzene rings is 1. The number of rotatable bonds is 9. The molecule has 0 radical (unpaired) electrons. The second-order valence-corrected chi connectivity index (χ2v) is 8.48. The summed E-state index contributed by atoms with van der Waals surface area (Å²) in [6.07, 6.45) is 7.26. The fraction of sp³-hybridized carbons (Fsp3) is 0.269. The van der Waals surface area contributed by atoms with Crippen LogP contribution in [0.3, 0.4) is 0 Å². The first-order valence-corrected chi connectivity index (χ1v) is 11.5. The van der Waals surface area contributed by atoms with E-state index in [1.165, 1.54) is 10.1 Å². The maximum atomic E-state index is 13.4. The lowest BCUT2D eigenvalue weighted by Gasteiger charge is -2.14. The highest BCUT2D eigenvalue weighted by Crippen LogP contribution is 2.17. The minimum Gasteiger partial charge on any atom is -0.384 e. The number of hydrogen-bond acceptors (Lipinski definition) is 6. The van der Waals surface area contributed by atoms with Crippen molar-refractivity contribution >= 4 is 11.7 Å². The van der Waals surface area contributed by atoms with E-state index in [4.69, 9.17) is 5.73 Å². The average Bonchev–Trinajstić information content (AvgIpc) is 3.27. The fourth-order valence-electron chi connectivity index (χ4n) is 3.94. The molecule has 1 aromatic carbocycles. The number of nitrogens with two attached hydrogens (primary N) is 1. The molecule has 4 rings (SSSR count). The van der Waals surface area contributed by atoms with Crippen LogP contribution < -0.4 is 16.6 Å². The predicted molar refractivity (Wildman–Crippen MR) is 134 cm³/mol. The quantitative estimate of drug-likeness (QED) is 0.387. The van der Waals surface area contributed by atoms with Gasteiger partial charge in [0.05, 0.1) is 18.1 Å². The lowest BCUT2D eigenvalue weighted by molar-refractivity contribution is -0.121. The van der Waals surface area contributed by atoms with Crippen LogP contribution in [-0.2, 0) is 37.8 Å². The zero-order chi connectivity index (χ0) is 24.8. The molecule has 3 heterocycles. The normalized spacial score (nSPS) is 10.9. The van der Waals surface area contributed by atoms with Gasteiger partial charge in [-0.05, 0) is 43.4 Å². The number of aromatic nitrogens is 5. The maximum absolute atomic E-state index is 13.4. The van der Waals surface area contributed by atoms with Crippen molar-refractivity contribution in [3.8, 4) is 11.3 Å². The van der Waals surface area contributed by atoms with Gasteiger partial charge in [0, 0.05) is 31.0 Å². The van der Waals surface area contributed by atoms with Crippen molar-refractivity contribution in [1.82, 2.24) is 29.6 Å². The Morgan fingerprint density at radius 1 is 1.09 bits per heavy atom. The molecule has 0 bridgehead atoms. The SMILES string of the molecule is Cc1nc(N)ccc1CNC(=O)Cn1c(-c2cnn(C)c2)cnc(CCCc2ccccc2)c1=O. The van der Waals surface area contributed by atoms with Crippen LogP contribution in [0.25, 0.3) is 11.3 Å². The monoisotopic (exact) mass is 471 g/mol. The van der Waals surface area contributed by atoms with Gasteiger partial charge in [0.1, 0.15) is 18.1 Å². The van der Waals surface area contributed by atoms with E-state index in [0.717, 1.165) is 29.7 Å². The van der Waals surface area contributed by atoms with Gasteiger partial charge in [0.25, 0.3) is 5.56 Å². The first-order valence-electron chi connectivity index (χ1n) is 11.5. The number of carbonyl (C=O) groups is 1. The first kappa shape index (κ1) is 23.9. The molecular formula is C26H29N7O2. The van der Waals surface area contributed by atoms with E-state index in [0.29, 0.717) is 30.2 Å². The summed E-state index contributed by atoms with van der Waals surface area (Å²) in [5.41, 5.74) is 9.99. The summed E-state index contributed by atoms with van der Waals surface area (Å²) >= 11 is 0. The van der Waals surface area contributed by atoms with Gasteiger partial charge in [-0.25, -0.2) is 4.98 Å². The number of carbonyl (C=O) groups excluding carboxylic acids is 1. The second kappa shape index (κ2) is 10.8. The predicted octanol–water partition coefficient (Wildman–Crippen LogP) is 2.42. The summed E-state index contributed by atoms with van der Waals surface area (Å²) in [5, 5.41) is 7.08. The standard InChI is InChI=1S/C26H29N7O2/c1-18-20(11-12-24(27)31-18)13-29-25(34)17-33-23(21-14-30-32(2)16-21)15-28-22(26(33)35)10-6-9-19-7-4-3-5-8-19/h3-5,7-8,11-12,14-16H,6,9-10,13,17H2,1-2H3,(H2,27,31)(H,29,34). The number of nitrogens with zero attached hydrogens (tertiary/aromatic N) is 5. The molecule has 0 spiro atoms. The molecule has 9 nitrogen and oxygen atoms in total. The van der Waals surface area contributed by atoms with Crippen molar-refractivity contribution in [2.24, 2.45) is 7.05 Å². The average molecular weight is 472 g/mol. The Balaban J connectivity index is 1.53. The zero-order valence-corrected chi connectivity index (χ0v) is 19.9. The highest BCUT2D eigenvalue weighted by Gasteiger charge is 2.16. The van der Waals surface area contributed by atoms with Crippen LogP contribution in [0, 0.1) is 6.92 Å². The summed E-state index contributed by atoms with van der Waals surface area (Å²) in [4.78, 5) is 34.9. The maximum Gasteiger partial charge on any atom is 0.273 e. The van der Waals surface area contributed by atoms with E-state index in [1.807, 2.05) is 31.2 Å². The summed E-state index contributed by atoms with van der Waals surface area (Å²) in [7, 11) is 1.80. The second-order valence-electron chi connectivity index (χ2n) is 8.48. The van der Waals surface area contributed by atoms with Crippen LogP contribution in [0.5, 0.6) is 0 Å². The molecule has 1 amide bonds. The van der Waals surface area contributed by atoms with E-state index < -0.39 is 0 Å². The number of nitrogen functional groups attached to an aromatic ring is 1. The number of aryl methyl sites for hydroxylation is 4. The molecule has 0 aliphatic rings. The molecule has 3 N–H and O–H groups in total. The number of amides is 1. The van der Waals surface area contributed by atoms with Crippen LogP contribution in [0.1, 0.15) is 28.9 Å². The molecule has 4 aromatic rings. The van der Waals surface area contributed by atoms with E-state index in [9.17, 15) is 9.59 Å². The van der Waals surface area contributed by atoms with Crippen molar-refractivity contribution in [2.75, 3.05) is 5.73 Å². The Hall–Kier alpha value is -4.27. The van der Waals surface area contributed by atoms with Crippen LogP contribution in [0.4, 0.5) is 5.82 Å². The molecule has 0 aliphatic heterocycles. The number of nitrogens with one attached hydrogen (secondary N) is 1. The molecule has 0 unspecified atom stereocenters. The Morgan fingerprint density at radius 2 is 1.89 bits per heavy atom. The number of hydrogen-bond donors (Lipinski definition) is 2. The topological polar surface area (TPSA) is 121 Å². The molecule has 0 saturated heterocycles. The van der Waals surface area contributed by atoms with E-state index in [2.05, 4.69) is 32.5 Å². The Bertz CT molecular complexity index is 1380. The molecule has 0 aliphatic carbocycles. The van der Waals surface area contributed by atoms with Gasteiger partial charge in [-0.1, -0.05) is 36.4 Å². The van der Waals surface area contributed by atoms with Crippen molar-refractivity contribution in [1.29, 1.82) is 0 Å². The van der Waals surface area contributed by atoms with Crippen molar-refractivity contribution < 1.29 is 4.79 Å². The van der Waals surface area contributed by atoms with Crippen molar-refractivity contribution in [3.05, 3.63) is 93.9 Å². The third-order valence-corrected chi connectivity index (χ3v) is 5.84. The minimum absolute atomic E-state index is 0.126. The number of anilines is 1. The van der Waals surface area contributed by atoms with Crippen LogP contribution in [-0.4, -0.2) is 30.2 Å². The van der Waals surface area contributed by atoms with Gasteiger partial charge in [0.15, 0.2) is 0 Å². The van der Waals surface area contributed by atoms with Gasteiger partial charge in [-0.15, -0.1) is 0 Å². The third kappa shape index (κ3) is 6.00. The van der Waals surface area contributed by atoms with Gasteiger partial charge >= 0.3 is 0 Å². The smallest absolute Gasteiger partial charge is 0.273 e. The molecule has 9 heteroatoms. The van der Waals surface area contributed by atoms with Gasteiger partial charge < -0.3 is 11.1 Å². The summed E-state index contributed by atoms with van der Waals surface area (Å²) in [5.74, 6) is 0.150. The summed E-state index contributed by atoms with van der Waals surface area (Å²) in [6.45, 7) is 2.01. The highest BCUT2D eigenvalue weighted by molar-refractivity contribution is 5.76. The molecule has 0 saturated carbocycles. The van der Waals surface area contributed by atoms with Crippen molar-refractivity contribution in [3.63, 3.8) is 0 Å². The number of pyridine rings is 1. The molecule has 0 fully saturated rings. The van der Waals surface area contributed by atoms with E-state index >= 15 is 0 Å².